The van der Waals surface area contributed by atoms with Crippen LogP contribution in [-0.4, -0.2) is 93.7 Å². The van der Waals surface area contributed by atoms with Crippen molar-refractivity contribution in [2.75, 3.05) is 39.0 Å². The van der Waals surface area contributed by atoms with Gasteiger partial charge in [0.2, 0.25) is 5.91 Å². The van der Waals surface area contributed by atoms with E-state index < -0.39 is 29.8 Å². The van der Waals surface area contributed by atoms with Crippen molar-refractivity contribution in [2.45, 2.75) is 30.0 Å². The number of aromatic amines is 1. The first-order valence-corrected chi connectivity index (χ1v) is 17.7. The van der Waals surface area contributed by atoms with Gasteiger partial charge in [-0.1, -0.05) is 78.9 Å². The third-order valence-electron chi connectivity index (χ3n) is 9.17. The lowest BCUT2D eigenvalue weighted by atomic mass is 9.96. The van der Waals surface area contributed by atoms with Crippen LogP contribution in [0.25, 0.3) is 10.9 Å². The van der Waals surface area contributed by atoms with Gasteiger partial charge in [0, 0.05) is 54.6 Å². The van der Waals surface area contributed by atoms with Crippen molar-refractivity contribution >= 4 is 46.4 Å². The summed E-state index contributed by atoms with van der Waals surface area (Å²) in [4.78, 5) is 64.5. The van der Waals surface area contributed by atoms with E-state index in [0.29, 0.717) is 42.6 Å². The fourth-order valence-corrected chi connectivity index (χ4v) is 7.63. The number of aromatic carboxylic acids is 1. The van der Waals surface area contributed by atoms with E-state index in [1.165, 1.54) is 25.4 Å². The fourth-order valence-electron chi connectivity index (χ4n) is 6.63. The number of rotatable bonds is 12. The SMILES string of the molecule is COC(=O)C(C)c1c(C(=O)NC(CSc2ncccc2C(=O)O)C(=O)N2CCN(C(c3ccccc3)c3ccccc3)CC2)[nH]c2ccccc12. The molecule has 2 aromatic heterocycles. The third kappa shape index (κ3) is 7.82. The van der Waals surface area contributed by atoms with E-state index in [1.54, 1.807) is 11.8 Å². The van der Waals surface area contributed by atoms with Gasteiger partial charge in [-0.25, -0.2) is 9.78 Å². The smallest absolute Gasteiger partial charge is 0.338 e. The summed E-state index contributed by atoms with van der Waals surface area (Å²) in [7, 11) is 1.30. The number of ether oxygens (including phenoxy) is 1. The Morgan fingerprint density at radius 1 is 0.882 bits per heavy atom. The molecule has 2 atom stereocenters. The molecule has 2 amide bonds. The highest BCUT2D eigenvalue weighted by molar-refractivity contribution is 7.99. The maximum Gasteiger partial charge on any atom is 0.338 e. The van der Waals surface area contributed by atoms with Crippen molar-refractivity contribution in [2.24, 2.45) is 0 Å². The highest BCUT2D eigenvalue weighted by Crippen LogP contribution is 2.32. The number of hydrogen-bond acceptors (Lipinski definition) is 8. The Hall–Kier alpha value is -5.46. The van der Waals surface area contributed by atoms with E-state index in [1.807, 2.05) is 60.7 Å². The number of carbonyl (C=O) groups is 4. The number of H-pyrrole nitrogens is 1. The molecule has 1 aliphatic rings. The number of benzene rings is 3. The normalized spacial score (nSPS) is 14.6. The molecule has 1 saturated heterocycles. The third-order valence-corrected chi connectivity index (χ3v) is 10.3. The number of methoxy groups -OCH3 is 1. The van der Waals surface area contributed by atoms with Gasteiger partial charge >= 0.3 is 11.9 Å². The molecule has 0 radical (unpaired) electrons. The fraction of sp³-hybridized carbons (Fsp3) is 0.256. The number of pyridine rings is 1. The van der Waals surface area contributed by atoms with Crippen molar-refractivity contribution in [3.8, 4) is 0 Å². The maximum atomic E-state index is 14.3. The predicted molar refractivity (Wildman–Crippen MR) is 195 cm³/mol. The van der Waals surface area contributed by atoms with Crippen LogP contribution in [0.2, 0.25) is 0 Å². The number of fused-ring (bicyclic) bond motifs is 1. The first-order valence-electron chi connectivity index (χ1n) is 16.7. The summed E-state index contributed by atoms with van der Waals surface area (Å²) < 4.78 is 5.01. The van der Waals surface area contributed by atoms with Crippen LogP contribution >= 0.6 is 11.8 Å². The van der Waals surface area contributed by atoms with Crippen molar-refractivity contribution in [3.05, 3.63) is 131 Å². The topological polar surface area (TPSA) is 145 Å². The number of aromatic nitrogens is 2. The number of carboxylic acids is 1. The van der Waals surface area contributed by atoms with Gasteiger partial charge in [0.05, 0.1) is 24.6 Å². The van der Waals surface area contributed by atoms with Crippen LogP contribution in [0.1, 0.15) is 56.4 Å². The number of esters is 1. The van der Waals surface area contributed by atoms with Crippen LogP contribution in [0.5, 0.6) is 0 Å². The molecule has 1 aliphatic heterocycles. The lowest BCUT2D eigenvalue weighted by Crippen LogP contribution is -2.56. The number of thioether (sulfide) groups is 1. The summed E-state index contributed by atoms with van der Waals surface area (Å²) in [6.45, 7) is 3.71. The summed E-state index contributed by atoms with van der Waals surface area (Å²) in [5.41, 5.74) is 3.60. The molecule has 11 nitrogen and oxygen atoms in total. The number of carbonyl (C=O) groups excluding carboxylic acids is 3. The van der Waals surface area contributed by atoms with Gasteiger partial charge < -0.3 is 25.0 Å². The Bertz CT molecular complexity index is 1970. The van der Waals surface area contributed by atoms with Gasteiger partial charge in [0.15, 0.2) is 0 Å². The minimum atomic E-state index is -1.14. The van der Waals surface area contributed by atoms with Gasteiger partial charge in [-0.15, -0.1) is 11.8 Å². The second kappa shape index (κ2) is 16.0. The van der Waals surface area contributed by atoms with Gasteiger partial charge in [-0.3, -0.25) is 19.3 Å². The maximum absolute atomic E-state index is 14.3. The number of piperazine rings is 1. The summed E-state index contributed by atoms with van der Waals surface area (Å²) in [6, 6.07) is 29.8. The van der Waals surface area contributed by atoms with Crippen LogP contribution in [0.15, 0.2) is 108 Å². The van der Waals surface area contributed by atoms with Gasteiger partial charge in [-0.05, 0) is 36.2 Å². The average molecular weight is 706 g/mol. The summed E-state index contributed by atoms with van der Waals surface area (Å²) in [5.74, 6) is -3.24. The zero-order valence-corrected chi connectivity index (χ0v) is 29.1. The Morgan fingerprint density at radius 3 is 2.14 bits per heavy atom. The number of hydrogen-bond donors (Lipinski definition) is 3. The minimum absolute atomic E-state index is 0.00584. The molecule has 1 fully saturated rings. The van der Waals surface area contributed by atoms with Crippen LogP contribution < -0.4 is 5.32 Å². The van der Waals surface area contributed by atoms with Gasteiger partial charge in [0.25, 0.3) is 5.91 Å². The average Bonchev–Trinajstić information content (AvgIpc) is 3.57. The second-order valence-corrected chi connectivity index (χ2v) is 13.3. The molecular weight excluding hydrogens is 667 g/mol. The lowest BCUT2D eigenvalue weighted by Gasteiger charge is -2.40. The first kappa shape index (κ1) is 35.4. The van der Waals surface area contributed by atoms with Crippen LogP contribution in [0.4, 0.5) is 0 Å². The minimum Gasteiger partial charge on any atom is -0.478 e. The largest absolute Gasteiger partial charge is 0.478 e. The van der Waals surface area contributed by atoms with E-state index in [2.05, 4.69) is 44.5 Å². The molecule has 262 valence electrons. The van der Waals surface area contributed by atoms with E-state index in [9.17, 15) is 24.3 Å². The lowest BCUT2D eigenvalue weighted by molar-refractivity contribution is -0.142. The molecule has 51 heavy (non-hydrogen) atoms. The van der Waals surface area contributed by atoms with E-state index >= 15 is 0 Å². The molecule has 3 heterocycles. The molecule has 3 N–H and O–H groups in total. The predicted octanol–water partition coefficient (Wildman–Crippen LogP) is 5.36. The molecule has 0 saturated carbocycles. The van der Waals surface area contributed by atoms with Crippen molar-refractivity contribution < 1.29 is 29.0 Å². The van der Waals surface area contributed by atoms with E-state index in [0.717, 1.165) is 22.9 Å². The zero-order valence-electron chi connectivity index (χ0n) is 28.3. The Kier molecular flexibility index (Phi) is 11.1. The van der Waals surface area contributed by atoms with Crippen molar-refractivity contribution in [1.82, 2.24) is 25.1 Å². The van der Waals surface area contributed by atoms with E-state index in [-0.39, 0.29) is 34.0 Å². The number of nitrogens with one attached hydrogen (secondary N) is 2. The Labute approximate surface area is 300 Å². The molecular formula is C39H39N5O6S. The zero-order chi connectivity index (χ0) is 35.9. The standard InChI is InChI=1S/C39H39N5O6S/c1-25(39(49)50-2)32-28-16-9-10-18-30(28)41-33(32)35(45)42-31(24-51-36-29(38(47)48)17-11-19-40-36)37(46)44-22-20-43(21-23-44)34(26-12-5-3-6-13-26)27-14-7-4-8-15-27/h3-19,25,31,34,41H,20-24H2,1-2H3,(H,42,45)(H,47,48). The van der Waals surface area contributed by atoms with Crippen LogP contribution in [0.3, 0.4) is 0 Å². The van der Waals surface area contributed by atoms with Crippen molar-refractivity contribution in [3.63, 3.8) is 0 Å². The number of amides is 2. The molecule has 5 aromatic rings. The second-order valence-electron chi connectivity index (χ2n) is 12.3. The molecule has 0 bridgehead atoms. The quantitative estimate of drug-likeness (QED) is 0.115. The summed E-state index contributed by atoms with van der Waals surface area (Å²) in [6.07, 6.45) is 1.49. The molecule has 0 aliphatic carbocycles. The number of carboxylic acid groups (broad SMARTS) is 1. The van der Waals surface area contributed by atoms with Gasteiger partial charge in [0.1, 0.15) is 16.8 Å². The highest BCUT2D eigenvalue weighted by Gasteiger charge is 2.34. The summed E-state index contributed by atoms with van der Waals surface area (Å²) >= 11 is 1.09. The monoisotopic (exact) mass is 705 g/mol. The Morgan fingerprint density at radius 2 is 1.51 bits per heavy atom. The molecule has 3 aromatic carbocycles. The van der Waals surface area contributed by atoms with Crippen LogP contribution in [0, 0.1) is 0 Å². The summed E-state index contributed by atoms with van der Waals surface area (Å²) in [5, 5.41) is 13.6. The highest BCUT2D eigenvalue weighted by atomic mass is 32.2. The Balaban J connectivity index is 1.26. The number of para-hydroxylation sites is 1. The number of nitrogens with zero attached hydrogens (tertiary/aromatic N) is 3. The molecule has 6 rings (SSSR count). The molecule has 2 unspecified atom stereocenters. The van der Waals surface area contributed by atoms with Crippen molar-refractivity contribution in [1.29, 1.82) is 0 Å². The molecule has 0 spiro atoms. The van der Waals surface area contributed by atoms with Gasteiger partial charge in [-0.2, -0.15) is 0 Å². The molecule has 12 heteroatoms. The van der Waals surface area contributed by atoms with E-state index in [4.69, 9.17) is 4.74 Å². The van der Waals surface area contributed by atoms with Crippen LogP contribution in [-0.2, 0) is 14.3 Å². The first-order chi connectivity index (χ1) is 24.8.